The molecule has 27 heavy (non-hydrogen) atoms. The van der Waals surface area contributed by atoms with E-state index in [0.29, 0.717) is 28.9 Å². The average molecular weight is 384 g/mol. The van der Waals surface area contributed by atoms with Crippen molar-refractivity contribution in [3.8, 4) is 28.7 Å². The van der Waals surface area contributed by atoms with Gasteiger partial charge in [0.15, 0.2) is 5.65 Å². The van der Waals surface area contributed by atoms with E-state index in [1.54, 1.807) is 13.4 Å². The van der Waals surface area contributed by atoms with Crippen molar-refractivity contribution in [2.45, 2.75) is 13.5 Å². The van der Waals surface area contributed by atoms with Crippen molar-refractivity contribution in [3.05, 3.63) is 65.1 Å². The summed E-state index contributed by atoms with van der Waals surface area (Å²) in [6.45, 7) is 2.32. The van der Waals surface area contributed by atoms with Gasteiger partial charge in [0, 0.05) is 24.4 Å². The number of hydrogen-bond acceptors (Lipinski definition) is 5. The number of ether oxygens (including phenoxy) is 2. The molecule has 0 atom stereocenters. The number of aryl methyl sites for hydroxylation is 1. The molecule has 0 aliphatic heterocycles. The number of benzene rings is 1. The molecule has 4 aromatic rings. The number of pyridine rings is 1. The molecular weight excluding hydrogens is 366 g/mol. The number of fused-ring (bicyclic) bond motifs is 1. The zero-order valence-electron chi connectivity index (χ0n) is 14.9. The molecular formula is C20H18ClN3O3. The van der Waals surface area contributed by atoms with Crippen LogP contribution in [-0.2, 0) is 6.54 Å². The van der Waals surface area contributed by atoms with Gasteiger partial charge in [-0.1, -0.05) is 11.6 Å². The minimum absolute atomic E-state index is 0.380. The van der Waals surface area contributed by atoms with E-state index in [0.717, 1.165) is 28.3 Å². The molecule has 0 unspecified atom stereocenters. The zero-order valence-corrected chi connectivity index (χ0v) is 15.7. The summed E-state index contributed by atoms with van der Waals surface area (Å²) in [6, 6.07) is 10.9. The highest BCUT2D eigenvalue weighted by atomic mass is 35.5. The minimum Gasteiger partial charge on any atom is -0.497 e. The summed E-state index contributed by atoms with van der Waals surface area (Å²) in [7, 11) is 1.62. The van der Waals surface area contributed by atoms with Crippen LogP contribution in [0.5, 0.6) is 17.4 Å². The standard InChI is InChI=1S/C20H18ClN3O3/c1-12-19(24-10-13(9-22)7-17(21)20(24)23-12)14-8-18(26-11-14)27-16-5-3-15(25-2)4-6-16/h3-8,10-11H,9,22H2,1-2H3. The van der Waals surface area contributed by atoms with E-state index >= 15 is 0 Å². The Morgan fingerprint density at radius 3 is 2.63 bits per heavy atom. The number of imidazole rings is 1. The monoisotopic (exact) mass is 383 g/mol. The highest BCUT2D eigenvalue weighted by Crippen LogP contribution is 2.33. The number of furan rings is 1. The topological polar surface area (TPSA) is 74.9 Å². The fourth-order valence-electron chi connectivity index (χ4n) is 2.98. The lowest BCUT2D eigenvalue weighted by molar-refractivity contribution is 0.346. The van der Waals surface area contributed by atoms with Crippen LogP contribution in [0.2, 0.25) is 5.02 Å². The molecule has 0 aliphatic rings. The third-order valence-electron chi connectivity index (χ3n) is 4.27. The van der Waals surface area contributed by atoms with Crippen molar-refractivity contribution in [2.24, 2.45) is 5.73 Å². The van der Waals surface area contributed by atoms with Gasteiger partial charge in [0.1, 0.15) is 17.8 Å². The molecule has 2 N–H and O–H groups in total. The number of aromatic nitrogens is 2. The molecule has 7 heteroatoms. The average Bonchev–Trinajstić information content (AvgIpc) is 3.25. The Bertz CT molecular complexity index is 1100. The van der Waals surface area contributed by atoms with Crippen molar-refractivity contribution in [2.75, 3.05) is 7.11 Å². The smallest absolute Gasteiger partial charge is 0.290 e. The van der Waals surface area contributed by atoms with Gasteiger partial charge in [0.05, 0.1) is 23.5 Å². The normalized spacial score (nSPS) is 11.1. The number of halogens is 1. The third-order valence-corrected chi connectivity index (χ3v) is 4.55. The molecule has 0 bridgehead atoms. The van der Waals surface area contributed by atoms with Crippen LogP contribution in [0.3, 0.4) is 0 Å². The largest absolute Gasteiger partial charge is 0.497 e. The van der Waals surface area contributed by atoms with Gasteiger partial charge < -0.3 is 19.6 Å². The first-order valence-corrected chi connectivity index (χ1v) is 8.75. The summed E-state index contributed by atoms with van der Waals surface area (Å²) in [5.74, 6) is 1.79. The van der Waals surface area contributed by atoms with Crippen LogP contribution in [0.25, 0.3) is 16.9 Å². The highest BCUT2D eigenvalue weighted by molar-refractivity contribution is 6.33. The third kappa shape index (κ3) is 3.25. The Balaban J connectivity index is 1.70. The maximum absolute atomic E-state index is 6.35. The Labute approximate surface area is 161 Å². The maximum Gasteiger partial charge on any atom is 0.290 e. The van der Waals surface area contributed by atoms with E-state index < -0.39 is 0 Å². The van der Waals surface area contributed by atoms with Crippen molar-refractivity contribution in [1.29, 1.82) is 0 Å². The Kier molecular flexibility index (Phi) is 4.51. The van der Waals surface area contributed by atoms with Crippen molar-refractivity contribution in [3.63, 3.8) is 0 Å². The van der Waals surface area contributed by atoms with Gasteiger partial charge in [-0.25, -0.2) is 4.98 Å². The van der Waals surface area contributed by atoms with Crippen LogP contribution in [0.15, 0.2) is 53.3 Å². The lowest BCUT2D eigenvalue weighted by atomic mass is 10.2. The minimum atomic E-state index is 0.380. The van der Waals surface area contributed by atoms with Crippen molar-refractivity contribution >= 4 is 17.2 Å². The molecule has 0 radical (unpaired) electrons. The second kappa shape index (κ2) is 6.98. The van der Waals surface area contributed by atoms with Gasteiger partial charge in [0.2, 0.25) is 0 Å². The van der Waals surface area contributed by atoms with E-state index in [9.17, 15) is 0 Å². The van der Waals surface area contributed by atoms with Crippen molar-refractivity contribution in [1.82, 2.24) is 9.38 Å². The van der Waals surface area contributed by atoms with Gasteiger partial charge in [-0.15, -0.1) is 0 Å². The maximum atomic E-state index is 6.35. The van der Waals surface area contributed by atoms with E-state index in [-0.39, 0.29) is 0 Å². The highest BCUT2D eigenvalue weighted by Gasteiger charge is 2.17. The van der Waals surface area contributed by atoms with E-state index in [2.05, 4.69) is 4.98 Å². The predicted molar refractivity (Wildman–Crippen MR) is 104 cm³/mol. The Morgan fingerprint density at radius 2 is 1.93 bits per heavy atom. The summed E-state index contributed by atoms with van der Waals surface area (Å²) < 4.78 is 18.4. The quantitative estimate of drug-likeness (QED) is 0.535. The molecule has 0 fully saturated rings. The molecule has 4 rings (SSSR count). The summed E-state index contributed by atoms with van der Waals surface area (Å²) in [5.41, 5.74) is 9.94. The number of hydrogen-bond donors (Lipinski definition) is 1. The van der Waals surface area contributed by atoms with E-state index in [1.165, 1.54) is 0 Å². The van der Waals surface area contributed by atoms with Gasteiger partial charge in [-0.05, 0) is 42.8 Å². The first-order valence-electron chi connectivity index (χ1n) is 8.37. The number of nitrogens with zero attached hydrogens (tertiary/aromatic N) is 2. The Morgan fingerprint density at radius 1 is 1.19 bits per heavy atom. The van der Waals surface area contributed by atoms with Crippen LogP contribution in [-0.4, -0.2) is 16.5 Å². The van der Waals surface area contributed by atoms with Gasteiger partial charge in [0.25, 0.3) is 5.95 Å². The molecule has 0 amide bonds. The molecule has 3 heterocycles. The van der Waals surface area contributed by atoms with Gasteiger partial charge in [-0.3, -0.25) is 4.40 Å². The number of rotatable bonds is 5. The predicted octanol–water partition coefficient (Wildman–Crippen LogP) is 4.82. The second-order valence-electron chi connectivity index (χ2n) is 6.07. The number of methoxy groups -OCH3 is 1. The van der Waals surface area contributed by atoms with Crippen LogP contribution in [0.4, 0.5) is 0 Å². The fraction of sp³-hybridized carbons (Fsp3) is 0.150. The first-order chi connectivity index (χ1) is 13.1. The van der Waals surface area contributed by atoms with Crippen LogP contribution < -0.4 is 15.2 Å². The fourth-order valence-corrected chi connectivity index (χ4v) is 3.26. The molecule has 6 nitrogen and oxygen atoms in total. The van der Waals surface area contributed by atoms with Crippen LogP contribution >= 0.6 is 11.6 Å². The SMILES string of the molecule is COc1ccc(Oc2cc(-c3c(C)nc4c(Cl)cc(CN)cn34)co2)cc1. The molecule has 3 aromatic heterocycles. The van der Waals surface area contributed by atoms with Crippen LogP contribution in [0.1, 0.15) is 11.3 Å². The molecule has 0 saturated carbocycles. The van der Waals surface area contributed by atoms with Crippen molar-refractivity contribution < 1.29 is 13.9 Å². The summed E-state index contributed by atoms with van der Waals surface area (Å²) in [4.78, 5) is 4.57. The lowest BCUT2D eigenvalue weighted by Gasteiger charge is -2.04. The first kappa shape index (κ1) is 17.5. The molecule has 0 saturated heterocycles. The Hall–Kier alpha value is -2.96. The molecule has 0 spiro atoms. The van der Waals surface area contributed by atoms with Gasteiger partial charge in [-0.2, -0.15) is 0 Å². The summed E-state index contributed by atoms with van der Waals surface area (Å²) >= 11 is 6.35. The van der Waals surface area contributed by atoms with E-state index in [1.807, 2.05) is 53.9 Å². The zero-order chi connectivity index (χ0) is 19.0. The van der Waals surface area contributed by atoms with E-state index in [4.69, 9.17) is 31.2 Å². The van der Waals surface area contributed by atoms with Crippen LogP contribution in [0, 0.1) is 6.92 Å². The molecule has 138 valence electrons. The second-order valence-corrected chi connectivity index (χ2v) is 6.48. The molecule has 1 aromatic carbocycles. The lowest BCUT2D eigenvalue weighted by Crippen LogP contribution is -1.99. The van der Waals surface area contributed by atoms with Gasteiger partial charge >= 0.3 is 0 Å². The summed E-state index contributed by atoms with van der Waals surface area (Å²) in [6.07, 6.45) is 3.58. The summed E-state index contributed by atoms with van der Waals surface area (Å²) in [5, 5.41) is 0.561. The molecule has 0 aliphatic carbocycles. The number of nitrogens with two attached hydrogens (primary N) is 1.